The Hall–Kier alpha value is -2.59. The van der Waals surface area contributed by atoms with Crippen molar-refractivity contribution in [2.75, 3.05) is 17.0 Å². The van der Waals surface area contributed by atoms with E-state index in [1.165, 1.54) is 27.7 Å². The van der Waals surface area contributed by atoms with Crippen molar-refractivity contribution in [2.24, 2.45) is 5.92 Å². The molecule has 0 saturated heterocycles. The smallest absolute Gasteiger partial charge is 0.295 e. The second-order valence-corrected chi connectivity index (χ2v) is 10.8. The fourth-order valence-corrected chi connectivity index (χ4v) is 5.24. The number of amides is 1. The van der Waals surface area contributed by atoms with Crippen LogP contribution in [0.5, 0.6) is 5.75 Å². The Morgan fingerprint density at radius 2 is 1.97 bits per heavy atom. The lowest BCUT2D eigenvalue weighted by Crippen LogP contribution is -2.41. The number of halogens is 2. The molecule has 8 nitrogen and oxygen atoms in total. The second kappa shape index (κ2) is 9.72. The highest BCUT2D eigenvalue weighted by Crippen LogP contribution is 2.32. The summed E-state index contributed by atoms with van der Waals surface area (Å²) in [6.45, 7) is 5.89. The number of sulfonamides is 1. The van der Waals surface area contributed by atoms with E-state index in [0.29, 0.717) is 12.0 Å². The normalized spacial score (nSPS) is 14.0. The summed E-state index contributed by atoms with van der Waals surface area (Å²) in [5, 5.41) is 10.6. The molecule has 1 aliphatic rings. The Labute approximate surface area is 197 Å². The van der Waals surface area contributed by atoms with Crippen LogP contribution in [0, 0.1) is 11.7 Å². The molecule has 0 radical (unpaired) electrons. The van der Waals surface area contributed by atoms with Crippen LogP contribution in [0.2, 0.25) is 5.02 Å². The molecule has 0 unspecified atom stereocenters. The van der Waals surface area contributed by atoms with E-state index in [1.807, 2.05) is 13.8 Å². The molecule has 2 aromatic rings. The molecule has 0 saturated carbocycles. The number of carbonyl (C=O) groups excluding carboxylic acids is 1. The first-order chi connectivity index (χ1) is 15.4. The first-order valence-corrected chi connectivity index (χ1v) is 12.7. The van der Waals surface area contributed by atoms with Gasteiger partial charge in [0.2, 0.25) is 10.0 Å². The zero-order valence-electron chi connectivity index (χ0n) is 18.7. The minimum Gasteiger partial charge on any atom is -0.502 e. The summed E-state index contributed by atoms with van der Waals surface area (Å²) >= 11 is 5.83. The average molecular weight is 500 g/mol. The number of aromatic hydroxyl groups is 1. The van der Waals surface area contributed by atoms with E-state index in [2.05, 4.69) is 4.72 Å². The van der Waals surface area contributed by atoms with Crippen molar-refractivity contribution in [3.63, 3.8) is 0 Å². The maximum Gasteiger partial charge on any atom is 0.295 e. The van der Waals surface area contributed by atoms with Gasteiger partial charge in [-0.05, 0) is 36.5 Å². The number of pyridine rings is 1. The number of fused-ring (bicyclic) bond motifs is 1. The third-order valence-electron chi connectivity index (χ3n) is 5.31. The fraction of sp³-hybridized carbons (Fsp3) is 0.455. The van der Waals surface area contributed by atoms with Crippen molar-refractivity contribution >= 4 is 33.3 Å². The Balaban J connectivity index is 2.09. The first-order valence-electron chi connectivity index (χ1n) is 10.7. The topological polar surface area (TPSA) is 109 Å². The summed E-state index contributed by atoms with van der Waals surface area (Å²) in [5.41, 5.74) is -0.189. The summed E-state index contributed by atoms with van der Waals surface area (Å²) in [4.78, 5) is 27.6. The number of nitrogens with one attached hydrogen (secondary N) is 1. The molecule has 3 rings (SSSR count). The van der Waals surface area contributed by atoms with Crippen molar-refractivity contribution in [1.82, 2.24) is 9.47 Å². The van der Waals surface area contributed by atoms with Gasteiger partial charge in [0.15, 0.2) is 5.75 Å². The predicted molar refractivity (Wildman–Crippen MR) is 125 cm³/mol. The minimum atomic E-state index is -3.76. The van der Waals surface area contributed by atoms with Crippen LogP contribution in [-0.2, 0) is 29.5 Å². The molecular formula is C22H27ClFN3O5S. The van der Waals surface area contributed by atoms with Crippen LogP contribution in [-0.4, -0.2) is 41.2 Å². The van der Waals surface area contributed by atoms with Crippen LogP contribution in [0.3, 0.4) is 0 Å². The lowest BCUT2D eigenvalue weighted by atomic mass is 9.98. The van der Waals surface area contributed by atoms with Crippen LogP contribution < -0.4 is 10.3 Å². The van der Waals surface area contributed by atoms with Crippen LogP contribution in [0.4, 0.5) is 10.2 Å². The highest BCUT2D eigenvalue weighted by atomic mass is 35.5. The van der Waals surface area contributed by atoms with Gasteiger partial charge in [-0.15, -0.1) is 0 Å². The molecule has 1 aliphatic heterocycles. The number of aromatic nitrogens is 1. The van der Waals surface area contributed by atoms with Gasteiger partial charge in [-0.3, -0.25) is 18.9 Å². The Morgan fingerprint density at radius 1 is 1.27 bits per heavy atom. The van der Waals surface area contributed by atoms with Gasteiger partial charge in [-0.2, -0.15) is 0 Å². The lowest BCUT2D eigenvalue weighted by molar-refractivity contribution is 0.0722. The third kappa shape index (κ3) is 5.33. The maximum absolute atomic E-state index is 13.5. The van der Waals surface area contributed by atoms with Crippen molar-refractivity contribution in [3.8, 4) is 5.75 Å². The van der Waals surface area contributed by atoms with Gasteiger partial charge in [-0.1, -0.05) is 38.4 Å². The van der Waals surface area contributed by atoms with E-state index in [4.69, 9.17) is 11.6 Å². The Bertz CT molecular complexity index is 1240. The monoisotopic (exact) mass is 499 g/mol. The SMILES string of the molecule is CCCS(=O)(=O)Nc1c2c(c(O)c(=O)n1CC(C)C)C(=O)N(Cc1ccc(F)c(Cl)c1)CC2. The van der Waals surface area contributed by atoms with Crippen molar-refractivity contribution in [3.05, 3.63) is 56.1 Å². The average Bonchev–Trinajstić information content (AvgIpc) is 2.72. The Kier molecular flexibility index (Phi) is 7.38. The number of hydrogen-bond acceptors (Lipinski definition) is 5. The first kappa shape index (κ1) is 25.0. The summed E-state index contributed by atoms with van der Waals surface area (Å²) in [6.07, 6.45) is 0.586. The van der Waals surface area contributed by atoms with Gasteiger partial charge < -0.3 is 10.0 Å². The second-order valence-electron chi connectivity index (χ2n) is 8.51. The van der Waals surface area contributed by atoms with Gasteiger partial charge in [-0.25, -0.2) is 12.8 Å². The molecule has 2 N–H and O–H groups in total. The molecule has 1 aromatic carbocycles. The highest BCUT2D eigenvalue weighted by molar-refractivity contribution is 7.92. The number of carbonyl (C=O) groups is 1. The van der Waals surface area contributed by atoms with Gasteiger partial charge in [0.25, 0.3) is 11.5 Å². The van der Waals surface area contributed by atoms with Gasteiger partial charge in [0.1, 0.15) is 11.6 Å². The number of benzene rings is 1. The van der Waals surface area contributed by atoms with Gasteiger partial charge in [0, 0.05) is 25.2 Å². The van der Waals surface area contributed by atoms with E-state index in [1.54, 1.807) is 6.92 Å². The van der Waals surface area contributed by atoms with E-state index in [9.17, 15) is 27.5 Å². The van der Waals surface area contributed by atoms with E-state index < -0.39 is 33.1 Å². The fourth-order valence-electron chi connectivity index (χ4n) is 3.87. The third-order valence-corrected chi connectivity index (χ3v) is 7.04. The highest BCUT2D eigenvalue weighted by Gasteiger charge is 2.34. The van der Waals surface area contributed by atoms with Crippen LogP contribution in [0.15, 0.2) is 23.0 Å². The van der Waals surface area contributed by atoms with E-state index in [0.717, 1.165) is 0 Å². The molecule has 11 heteroatoms. The molecule has 0 atom stereocenters. The molecule has 1 amide bonds. The number of hydrogen-bond donors (Lipinski definition) is 2. The van der Waals surface area contributed by atoms with Crippen molar-refractivity contribution in [1.29, 1.82) is 0 Å². The van der Waals surface area contributed by atoms with Gasteiger partial charge in [0.05, 0.1) is 16.3 Å². The molecule has 1 aromatic heterocycles. The summed E-state index contributed by atoms with van der Waals surface area (Å²) < 4.78 is 42.2. The minimum absolute atomic E-state index is 0.0198. The number of anilines is 1. The summed E-state index contributed by atoms with van der Waals surface area (Å²) in [7, 11) is -3.76. The molecule has 180 valence electrons. The van der Waals surface area contributed by atoms with Crippen LogP contribution in [0.1, 0.15) is 48.7 Å². The largest absolute Gasteiger partial charge is 0.502 e. The molecule has 2 heterocycles. The molecule has 0 spiro atoms. The lowest BCUT2D eigenvalue weighted by Gasteiger charge is -2.31. The van der Waals surface area contributed by atoms with Gasteiger partial charge >= 0.3 is 0 Å². The zero-order chi connectivity index (χ0) is 24.5. The van der Waals surface area contributed by atoms with Crippen molar-refractivity contribution in [2.45, 2.75) is 46.7 Å². The summed E-state index contributed by atoms with van der Waals surface area (Å²) in [6, 6.07) is 4.10. The molecule has 33 heavy (non-hydrogen) atoms. The zero-order valence-corrected chi connectivity index (χ0v) is 20.3. The standard InChI is InChI=1S/C22H27ClFN3O5S/c1-4-9-33(31,32)25-20-15-7-8-26(12-14-5-6-17(24)16(23)10-14)21(29)18(15)19(28)22(30)27(20)11-13(2)3/h5-6,10,13,25,28H,4,7-9,11-12H2,1-3H3. The summed E-state index contributed by atoms with van der Waals surface area (Å²) in [5.74, 6) is -2.05. The van der Waals surface area contributed by atoms with Crippen LogP contribution in [0.25, 0.3) is 0 Å². The predicted octanol–water partition coefficient (Wildman–Crippen LogP) is 3.35. The number of nitrogens with zero attached hydrogens (tertiary/aromatic N) is 2. The number of rotatable bonds is 8. The van der Waals surface area contributed by atoms with Crippen LogP contribution >= 0.6 is 11.6 Å². The van der Waals surface area contributed by atoms with E-state index >= 15 is 0 Å². The molecule has 0 fully saturated rings. The molecule has 0 aliphatic carbocycles. The Morgan fingerprint density at radius 3 is 2.58 bits per heavy atom. The maximum atomic E-state index is 13.5. The molecule has 0 bridgehead atoms. The molecular weight excluding hydrogens is 473 g/mol. The van der Waals surface area contributed by atoms with E-state index in [-0.39, 0.29) is 59.7 Å². The van der Waals surface area contributed by atoms with Crippen molar-refractivity contribution < 1.29 is 22.7 Å². The quantitative estimate of drug-likeness (QED) is 0.579.